The Morgan fingerprint density at radius 1 is 1.33 bits per heavy atom. The van der Waals surface area contributed by atoms with Gasteiger partial charge in [0.2, 0.25) is 0 Å². The molecule has 0 amide bonds. The van der Waals surface area contributed by atoms with Crippen molar-refractivity contribution in [1.29, 1.82) is 0 Å². The number of anilines is 1. The molecule has 0 aliphatic heterocycles. The average Bonchev–Trinajstić information content (AvgIpc) is 2.39. The number of benzene rings is 1. The van der Waals surface area contributed by atoms with Crippen molar-refractivity contribution in [3.8, 4) is 11.5 Å². The topological polar surface area (TPSA) is 70.8 Å². The SMILES string of the molecule is CCOc1c(OC)ccc(CCC(=O)OC)c1N. The highest BCUT2D eigenvalue weighted by Crippen LogP contribution is 2.36. The second-order valence-electron chi connectivity index (χ2n) is 3.68. The van der Waals surface area contributed by atoms with Crippen LogP contribution in [0.15, 0.2) is 12.1 Å². The van der Waals surface area contributed by atoms with Crippen LogP contribution in [-0.4, -0.2) is 26.8 Å². The van der Waals surface area contributed by atoms with Crippen molar-refractivity contribution >= 4 is 11.7 Å². The molecule has 0 saturated heterocycles. The molecule has 0 unspecified atom stereocenters. The van der Waals surface area contributed by atoms with Crippen LogP contribution in [0.5, 0.6) is 11.5 Å². The van der Waals surface area contributed by atoms with E-state index in [1.54, 1.807) is 13.2 Å². The summed E-state index contributed by atoms with van der Waals surface area (Å²) in [6.45, 7) is 2.38. The molecule has 1 aromatic carbocycles. The van der Waals surface area contributed by atoms with Crippen molar-refractivity contribution in [1.82, 2.24) is 0 Å². The second-order valence-corrected chi connectivity index (χ2v) is 3.68. The first kappa shape index (κ1) is 14.2. The van der Waals surface area contributed by atoms with Crippen molar-refractivity contribution in [3.05, 3.63) is 17.7 Å². The number of methoxy groups -OCH3 is 2. The maximum absolute atomic E-state index is 11.1. The lowest BCUT2D eigenvalue weighted by Gasteiger charge is -2.14. The van der Waals surface area contributed by atoms with Crippen molar-refractivity contribution in [2.24, 2.45) is 0 Å². The van der Waals surface area contributed by atoms with E-state index in [0.717, 1.165) is 5.56 Å². The number of ether oxygens (including phenoxy) is 3. The van der Waals surface area contributed by atoms with Crippen LogP contribution in [0.25, 0.3) is 0 Å². The standard InChI is InChI=1S/C13H19NO4/c1-4-18-13-10(16-2)7-5-9(12(13)14)6-8-11(15)17-3/h5,7H,4,6,8,14H2,1-3H3. The first-order chi connectivity index (χ1) is 8.63. The molecule has 5 heteroatoms. The second kappa shape index (κ2) is 6.74. The number of nitrogens with two attached hydrogens (primary N) is 1. The summed E-state index contributed by atoms with van der Waals surface area (Å²) >= 11 is 0. The number of esters is 1. The maximum atomic E-state index is 11.1. The van der Waals surface area contributed by atoms with Crippen molar-refractivity contribution in [3.63, 3.8) is 0 Å². The predicted octanol–water partition coefficient (Wildman–Crippen LogP) is 1.78. The van der Waals surface area contributed by atoms with E-state index < -0.39 is 0 Å². The third-order valence-corrected chi connectivity index (χ3v) is 2.58. The highest BCUT2D eigenvalue weighted by atomic mass is 16.5. The number of hydrogen-bond donors (Lipinski definition) is 1. The van der Waals surface area contributed by atoms with Crippen LogP contribution in [0.4, 0.5) is 5.69 Å². The first-order valence-electron chi connectivity index (χ1n) is 5.79. The molecule has 0 aliphatic rings. The summed E-state index contributed by atoms with van der Waals surface area (Å²) in [4.78, 5) is 11.1. The van der Waals surface area contributed by atoms with Crippen LogP contribution in [0.1, 0.15) is 18.9 Å². The summed E-state index contributed by atoms with van der Waals surface area (Å²) in [6.07, 6.45) is 0.807. The van der Waals surface area contributed by atoms with Crippen LogP contribution in [-0.2, 0) is 16.0 Å². The van der Waals surface area contributed by atoms with Gasteiger partial charge in [0.25, 0.3) is 0 Å². The van der Waals surface area contributed by atoms with Gasteiger partial charge in [-0.15, -0.1) is 0 Å². The third kappa shape index (κ3) is 3.29. The molecule has 1 aromatic rings. The minimum Gasteiger partial charge on any atom is -0.493 e. The van der Waals surface area contributed by atoms with Crippen molar-refractivity contribution in [2.75, 3.05) is 26.6 Å². The molecule has 0 bridgehead atoms. The zero-order chi connectivity index (χ0) is 13.5. The van der Waals surface area contributed by atoms with E-state index in [4.69, 9.17) is 15.2 Å². The van der Waals surface area contributed by atoms with E-state index in [1.165, 1.54) is 7.11 Å². The molecular weight excluding hydrogens is 234 g/mol. The molecule has 1 rings (SSSR count). The van der Waals surface area contributed by atoms with E-state index in [-0.39, 0.29) is 5.97 Å². The Morgan fingerprint density at radius 3 is 2.61 bits per heavy atom. The van der Waals surface area contributed by atoms with Gasteiger partial charge in [0, 0.05) is 6.42 Å². The lowest BCUT2D eigenvalue weighted by Crippen LogP contribution is -2.06. The summed E-state index contributed by atoms with van der Waals surface area (Å²) < 4.78 is 15.2. The zero-order valence-electron chi connectivity index (χ0n) is 11.0. The highest BCUT2D eigenvalue weighted by molar-refractivity contribution is 5.71. The fourth-order valence-corrected chi connectivity index (χ4v) is 1.63. The molecule has 0 fully saturated rings. The van der Waals surface area contributed by atoms with E-state index >= 15 is 0 Å². The summed E-state index contributed by atoms with van der Waals surface area (Å²) in [5.74, 6) is 0.863. The van der Waals surface area contributed by atoms with Crippen LogP contribution in [0.3, 0.4) is 0 Å². The van der Waals surface area contributed by atoms with Gasteiger partial charge < -0.3 is 19.9 Å². The Bertz CT molecular complexity index is 418. The summed E-state index contributed by atoms with van der Waals surface area (Å²) in [7, 11) is 2.93. The van der Waals surface area contributed by atoms with Gasteiger partial charge in [0.15, 0.2) is 11.5 Å². The predicted molar refractivity (Wildman–Crippen MR) is 68.9 cm³/mol. The van der Waals surface area contributed by atoms with Gasteiger partial charge in [0.1, 0.15) is 0 Å². The largest absolute Gasteiger partial charge is 0.493 e. The Hall–Kier alpha value is -1.91. The fourth-order valence-electron chi connectivity index (χ4n) is 1.63. The highest BCUT2D eigenvalue weighted by Gasteiger charge is 2.13. The molecule has 2 N–H and O–H groups in total. The van der Waals surface area contributed by atoms with Crippen LogP contribution < -0.4 is 15.2 Å². The molecule has 5 nitrogen and oxygen atoms in total. The van der Waals surface area contributed by atoms with Gasteiger partial charge in [0.05, 0.1) is 26.5 Å². The van der Waals surface area contributed by atoms with Gasteiger partial charge in [-0.1, -0.05) is 6.07 Å². The fraction of sp³-hybridized carbons (Fsp3) is 0.462. The number of carbonyl (C=O) groups is 1. The molecule has 0 saturated carbocycles. The average molecular weight is 253 g/mol. The molecular formula is C13H19NO4. The summed E-state index contributed by atoms with van der Waals surface area (Å²) in [6, 6.07) is 3.62. The molecule has 18 heavy (non-hydrogen) atoms. The van der Waals surface area contributed by atoms with Crippen LogP contribution in [0, 0.1) is 0 Å². The molecule has 0 aliphatic carbocycles. The quantitative estimate of drug-likeness (QED) is 0.618. The van der Waals surface area contributed by atoms with Crippen molar-refractivity contribution in [2.45, 2.75) is 19.8 Å². The van der Waals surface area contributed by atoms with Crippen LogP contribution in [0.2, 0.25) is 0 Å². The molecule has 100 valence electrons. The first-order valence-corrected chi connectivity index (χ1v) is 5.79. The monoisotopic (exact) mass is 253 g/mol. The smallest absolute Gasteiger partial charge is 0.305 e. The molecule has 0 atom stereocenters. The minimum absolute atomic E-state index is 0.261. The Labute approximate surface area is 107 Å². The number of aryl methyl sites for hydroxylation is 1. The number of nitrogen functional groups attached to an aromatic ring is 1. The van der Waals surface area contributed by atoms with Gasteiger partial charge >= 0.3 is 5.97 Å². The Balaban J connectivity index is 2.93. The van der Waals surface area contributed by atoms with Crippen molar-refractivity contribution < 1.29 is 19.0 Å². The van der Waals surface area contributed by atoms with E-state index in [9.17, 15) is 4.79 Å². The van der Waals surface area contributed by atoms with Gasteiger partial charge in [-0.2, -0.15) is 0 Å². The molecule has 0 spiro atoms. The third-order valence-electron chi connectivity index (χ3n) is 2.58. The van der Waals surface area contributed by atoms with Gasteiger partial charge in [-0.25, -0.2) is 0 Å². The van der Waals surface area contributed by atoms with E-state index in [0.29, 0.717) is 36.6 Å². The molecule has 0 radical (unpaired) electrons. The lowest BCUT2D eigenvalue weighted by atomic mass is 10.1. The molecule has 0 aromatic heterocycles. The maximum Gasteiger partial charge on any atom is 0.305 e. The van der Waals surface area contributed by atoms with E-state index in [2.05, 4.69) is 4.74 Å². The summed E-state index contributed by atoms with van der Waals surface area (Å²) in [5.41, 5.74) is 7.38. The number of hydrogen-bond acceptors (Lipinski definition) is 5. The van der Waals surface area contributed by atoms with Gasteiger partial charge in [-0.05, 0) is 25.0 Å². The van der Waals surface area contributed by atoms with Crippen LogP contribution >= 0.6 is 0 Å². The lowest BCUT2D eigenvalue weighted by molar-refractivity contribution is -0.140. The Kier molecular flexibility index (Phi) is 5.30. The number of rotatable bonds is 6. The normalized spacial score (nSPS) is 9.94. The van der Waals surface area contributed by atoms with E-state index in [1.807, 2.05) is 13.0 Å². The summed E-state index contributed by atoms with van der Waals surface area (Å²) in [5, 5.41) is 0. The molecule has 0 heterocycles. The van der Waals surface area contributed by atoms with Gasteiger partial charge in [-0.3, -0.25) is 4.79 Å². The number of carbonyl (C=O) groups excluding carboxylic acids is 1. The minimum atomic E-state index is -0.261. The Morgan fingerprint density at radius 2 is 2.06 bits per heavy atom. The zero-order valence-corrected chi connectivity index (χ0v) is 11.0.